The van der Waals surface area contributed by atoms with E-state index in [-0.39, 0.29) is 18.3 Å². The van der Waals surface area contributed by atoms with Crippen molar-refractivity contribution in [2.75, 3.05) is 17.1 Å². The highest BCUT2D eigenvalue weighted by Gasteiger charge is 2.36. The van der Waals surface area contributed by atoms with Gasteiger partial charge in [-0.25, -0.2) is 8.42 Å². The van der Waals surface area contributed by atoms with Crippen LogP contribution in [0.1, 0.15) is 50.2 Å². The van der Waals surface area contributed by atoms with Crippen LogP contribution < -0.4 is 9.62 Å². The molecular weight excluding hydrogens is 578 g/mol. The number of benzene rings is 2. The summed E-state index contributed by atoms with van der Waals surface area (Å²) in [6, 6.07) is 8.20. The van der Waals surface area contributed by atoms with Gasteiger partial charge in [-0.15, -0.1) is 0 Å². The number of halogens is 5. The highest BCUT2D eigenvalue weighted by molar-refractivity contribution is 7.92. The smallest absolute Gasteiger partial charge is 0.352 e. The van der Waals surface area contributed by atoms with E-state index in [9.17, 15) is 31.2 Å². The number of alkyl halides is 3. The van der Waals surface area contributed by atoms with Crippen molar-refractivity contribution in [3.05, 3.63) is 63.6 Å². The second-order valence-corrected chi connectivity index (χ2v) is 12.3. The summed E-state index contributed by atoms with van der Waals surface area (Å²) in [5.74, 6) is -1.21. The van der Waals surface area contributed by atoms with E-state index in [4.69, 9.17) is 23.2 Å². The Bertz CT molecular complexity index is 1300. The van der Waals surface area contributed by atoms with Crippen LogP contribution in [0.4, 0.5) is 18.9 Å². The third-order valence-electron chi connectivity index (χ3n) is 6.64. The molecule has 0 saturated heterocycles. The first-order valence-electron chi connectivity index (χ1n) is 12.4. The number of anilines is 1. The number of nitrogens with one attached hydrogen (secondary N) is 1. The molecule has 1 fully saturated rings. The molecule has 0 radical (unpaired) electrons. The van der Waals surface area contributed by atoms with E-state index in [1.165, 1.54) is 11.8 Å². The van der Waals surface area contributed by atoms with Crippen LogP contribution in [0, 0.1) is 0 Å². The minimum absolute atomic E-state index is 0.0339. The summed E-state index contributed by atoms with van der Waals surface area (Å²) in [5, 5.41) is 2.69. The van der Waals surface area contributed by atoms with E-state index in [1.54, 1.807) is 24.3 Å². The van der Waals surface area contributed by atoms with Crippen molar-refractivity contribution >= 4 is 50.7 Å². The van der Waals surface area contributed by atoms with E-state index in [0.717, 1.165) is 50.5 Å². The molecule has 0 bridgehead atoms. The van der Waals surface area contributed by atoms with Gasteiger partial charge in [-0.1, -0.05) is 60.7 Å². The van der Waals surface area contributed by atoms with Crippen molar-refractivity contribution in [1.29, 1.82) is 0 Å². The highest BCUT2D eigenvalue weighted by atomic mass is 35.5. The van der Waals surface area contributed by atoms with Gasteiger partial charge in [0, 0.05) is 17.6 Å². The molecule has 39 heavy (non-hydrogen) atoms. The summed E-state index contributed by atoms with van der Waals surface area (Å²) < 4.78 is 66.3. The number of amides is 2. The molecule has 2 aromatic carbocycles. The number of hydrogen-bond donors (Lipinski definition) is 1. The molecule has 0 aliphatic heterocycles. The zero-order chi connectivity index (χ0) is 29.0. The average molecular weight is 609 g/mol. The van der Waals surface area contributed by atoms with Gasteiger partial charge < -0.3 is 10.2 Å². The maximum absolute atomic E-state index is 13.6. The molecule has 7 nitrogen and oxygen atoms in total. The van der Waals surface area contributed by atoms with Crippen LogP contribution in [-0.4, -0.2) is 50.0 Å². The van der Waals surface area contributed by atoms with Gasteiger partial charge in [-0.05, 0) is 49.6 Å². The fraction of sp³-hybridized carbons (Fsp3) is 0.462. The molecule has 3 rings (SSSR count). The Morgan fingerprint density at radius 3 is 2.28 bits per heavy atom. The fourth-order valence-corrected chi connectivity index (χ4v) is 5.72. The van der Waals surface area contributed by atoms with Crippen LogP contribution in [0.5, 0.6) is 0 Å². The summed E-state index contributed by atoms with van der Waals surface area (Å²) in [4.78, 5) is 28.0. The Morgan fingerprint density at radius 2 is 1.69 bits per heavy atom. The fourth-order valence-electron chi connectivity index (χ4n) is 4.46. The second-order valence-electron chi connectivity index (χ2n) is 9.56. The van der Waals surface area contributed by atoms with Crippen molar-refractivity contribution in [3.63, 3.8) is 0 Å². The quantitative estimate of drug-likeness (QED) is 0.399. The van der Waals surface area contributed by atoms with Crippen LogP contribution >= 0.6 is 23.2 Å². The maximum Gasteiger partial charge on any atom is 0.417 e. The summed E-state index contributed by atoms with van der Waals surface area (Å²) >= 11 is 12.0. The van der Waals surface area contributed by atoms with E-state index < -0.39 is 51.2 Å². The predicted octanol–water partition coefficient (Wildman–Crippen LogP) is 5.64. The van der Waals surface area contributed by atoms with Gasteiger partial charge in [0.15, 0.2) is 0 Å². The van der Waals surface area contributed by atoms with Crippen LogP contribution in [-0.2, 0) is 32.3 Å². The predicted molar refractivity (Wildman–Crippen MR) is 145 cm³/mol. The van der Waals surface area contributed by atoms with Crippen LogP contribution in [0.15, 0.2) is 42.5 Å². The molecule has 1 atom stereocenters. The number of carbonyl (C=O) groups is 2. The normalized spacial score (nSPS) is 15.5. The Kier molecular flexibility index (Phi) is 10.2. The molecule has 2 aromatic rings. The zero-order valence-corrected chi connectivity index (χ0v) is 23.8. The van der Waals surface area contributed by atoms with E-state index in [0.29, 0.717) is 21.0 Å². The molecule has 1 aliphatic carbocycles. The van der Waals surface area contributed by atoms with E-state index in [1.807, 2.05) is 0 Å². The van der Waals surface area contributed by atoms with Crippen molar-refractivity contribution in [1.82, 2.24) is 10.2 Å². The lowest BCUT2D eigenvalue weighted by atomic mass is 9.95. The van der Waals surface area contributed by atoms with Gasteiger partial charge in [0.2, 0.25) is 21.8 Å². The first-order chi connectivity index (χ1) is 18.2. The van der Waals surface area contributed by atoms with Crippen LogP contribution in [0.2, 0.25) is 10.0 Å². The van der Waals surface area contributed by atoms with Crippen molar-refractivity contribution in [3.8, 4) is 0 Å². The molecule has 0 heterocycles. The molecule has 0 aromatic heterocycles. The Balaban J connectivity index is 1.94. The first kappa shape index (κ1) is 31.0. The topological polar surface area (TPSA) is 86.8 Å². The summed E-state index contributed by atoms with van der Waals surface area (Å²) in [6.45, 7) is 0.550. The SMILES string of the molecule is C[C@H](C(=O)NC1CCCCC1)N(Cc1ccccc1Cl)C(=O)CN(c1ccc(Cl)c(C(F)(F)F)c1)S(C)(=O)=O. The molecule has 2 amide bonds. The maximum atomic E-state index is 13.6. The van der Waals surface area contributed by atoms with E-state index in [2.05, 4.69) is 5.32 Å². The molecule has 0 unspecified atom stereocenters. The van der Waals surface area contributed by atoms with Gasteiger partial charge in [-0.2, -0.15) is 13.2 Å². The third kappa shape index (κ3) is 8.25. The van der Waals surface area contributed by atoms with Gasteiger partial charge in [0.25, 0.3) is 0 Å². The Hall–Kier alpha value is -2.50. The van der Waals surface area contributed by atoms with E-state index >= 15 is 0 Å². The minimum atomic E-state index is -4.85. The molecular formula is C26H30Cl2F3N3O4S. The van der Waals surface area contributed by atoms with Gasteiger partial charge in [0.05, 0.1) is 22.5 Å². The van der Waals surface area contributed by atoms with Gasteiger partial charge in [0.1, 0.15) is 12.6 Å². The lowest BCUT2D eigenvalue weighted by molar-refractivity contribution is -0.139. The lowest BCUT2D eigenvalue weighted by Crippen LogP contribution is -2.53. The number of sulfonamides is 1. The number of carbonyl (C=O) groups excluding carboxylic acids is 2. The molecule has 0 spiro atoms. The average Bonchev–Trinajstić information content (AvgIpc) is 2.86. The molecule has 1 saturated carbocycles. The molecule has 1 aliphatic rings. The van der Waals surface area contributed by atoms with Crippen LogP contribution in [0.25, 0.3) is 0 Å². The Labute approximate surface area is 236 Å². The number of hydrogen-bond acceptors (Lipinski definition) is 4. The van der Waals surface area contributed by atoms with Crippen molar-refractivity contribution in [2.24, 2.45) is 0 Å². The summed E-state index contributed by atoms with van der Waals surface area (Å²) in [7, 11) is -4.22. The van der Waals surface area contributed by atoms with Gasteiger partial charge >= 0.3 is 6.18 Å². The first-order valence-corrected chi connectivity index (χ1v) is 15.0. The zero-order valence-electron chi connectivity index (χ0n) is 21.5. The Morgan fingerprint density at radius 1 is 1.05 bits per heavy atom. The van der Waals surface area contributed by atoms with Crippen LogP contribution in [0.3, 0.4) is 0 Å². The second kappa shape index (κ2) is 12.8. The number of nitrogens with zero attached hydrogens (tertiary/aromatic N) is 2. The highest BCUT2D eigenvalue weighted by Crippen LogP contribution is 2.37. The lowest BCUT2D eigenvalue weighted by Gasteiger charge is -2.33. The van der Waals surface area contributed by atoms with Crippen molar-refractivity contribution < 1.29 is 31.2 Å². The monoisotopic (exact) mass is 607 g/mol. The number of rotatable bonds is 9. The molecule has 214 valence electrons. The van der Waals surface area contributed by atoms with Crippen molar-refractivity contribution in [2.45, 2.75) is 63.8 Å². The molecule has 13 heteroatoms. The minimum Gasteiger partial charge on any atom is -0.352 e. The third-order valence-corrected chi connectivity index (χ3v) is 8.48. The summed E-state index contributed by atoms with van der Waals surface area (Å²) in [6.07, 6.45) is 0.606. The van der Waals surface area contributed by atoms with Gasteiger partial charge in [-0.3, -0.25) is 13.9 Å². The summed E-state index contributed by atoms with van der Waals surface area (Å²) in [5.41, 5.74) is -1.11. The largest absolute Gasteiger partial charge is 0.417 e. The molecule has 1 N–H and O–H groups in total. The standard InChI is InChI=1S/C26H30Cl2F3N3O4S/c1-17(25(36)32-19-9-4-3-5-10-19)33(15-18-8-6-7-11-22(18)27)24(35)16-34(39(2,37)38)20-12-13-23(28)21(14-20)26(29,30)31/h6-8,11-14,17,19H,3-5,9-10,15-16H2,1-2H3,(H,32,36)/t17-/m1/s1.